The Hall–Kier alpha value is -4.08. The number of para-hydroxylation sites is 1. The molecule has 7 nitrogen and oxygen atoms in total. The average Bonchev–Trinajstić information content (AvgIpc) is 2.86. The van der Waals surface area contributed by atoms with Crippen LogP contribution in [0.1, 0.15) is 24.1 Å². The standard InChI is InChI=1S/C26H26F3N3O4/c27-26(28,29)14-7-17-35-24(33)32-18-19-8-1-2-10-21(19)22-11-3-4-12-23(22)36-25(34)31-16-13-20-9-5-6-15-30-20/h1-6,8-12,15H,7,13-14,16-18H2,(H,31,34)(H,32,33). The Morgan fingerprint density at radius 3 is 2.33 bits per heavy atom. The van der Waals surface area contributed by atoms with Crippen molar-refractivity contribution in [1.29, 1.82) is 0 Å². The zero-order valence-electron chi connectivity index (χ0n) is 19.4. The summed E-state index contributed by atoms with van der Waals surface area (Å²) in [6.45, 7) is 0.0849. The Morgan fingerprint density at radius 1 is 0.861 bits per heavy atom. The Labute approximate surface area is 206 Å². The van der Waals surface area contributed by atoms with Crippen LogP contribution in [-0.4, -0.2) is 36.5 Å². The molecule has 0 aliphatic rings. The van der Waals surface area contributed by atoms with E-state index in [2.05, 4.69) is 15.6 Å². The summed E-state index contributed by atoms with van der Waals surface area (Å²) in [5, 5.41) is 5.24. The van der Waals surface area contributed by atoms with Gasteiger partial charge in [0.15, 0.2) is 0 Å². The molecule has 0 aliphatic carbocycles. The number of aromatic nitrogens is 1. The number of carbonyl (C=O) groups excluding carboxylic acids is 2. The molecule has 2 aromatic carbocycles. The van der Waals surface area contributed by atoms with Crippen LogP contribution >= 0.6 is 0 Å². The van der Waals surface area contributed by atoms with Crippen LogP contribution in [0.15, 0.2) is 72.9 Å². The van der Waals surface area contributed by atoms with Gasteiger partial charge in [-0.1, -0.05) is 48.5 Å². The second-order valence-corrected chi connectivity index (χ2v) is 7.75. The summed E-state index contributed by atoms with van der Waals surface area (Å²) < 4.78 is 47.0. The van der Waals surface area contributed by atoms with Crippen LogP contribution in [0, 0.1) is 0 Å². The number of alkyl carbamates (subject to hydrolysis) is 1. The average molecular weight is 502 g/mol. The van der Waals surface area contributed by atoms with Gasteiger partial charge in [-0.2, -0.15) is 13.2 Å². The van der Waals surface area contributed by atoms with E-state index in [-0.39, 0.29) is 19.6 Å². The van der Waals surface area contributed by atoms with Gasteiger partial charge in [0, 0.05) is 43.4 Å². The van der Waals surface area contributed by atoms with Crippen LogP contribution in [-0.2, 0) is 17.7 Å². The molecule has 0 fully saturated rings. The van der Waals surface area contributed by atoms with Crippen molar-refractivity contribution in [2.75, 3.05) is 13.2 Å². The van der Waals surface area contributed by atoms with Crippen LogP contribution in [0.2, 0.25) is 0 Å². The van der Waals surface area contributed by atoms with E-state index in [1.807, 2.05) is 24.3 Å². The molecular formula is C26H26F3N3O4. The predicted molar refractivity (Wildman–Crippen MR) is 127 cm³/mol. The molecule has 0 unspecified atom stereocenters. The molecule has 0 aliphatic heterocycles. The first-order valence-electron chi connectivity index (χ1n) is 11.3. The summed E-state index contributed by atoms with van der Waals surface area (Å²) in [5.74, 6) is 0.329. The number of halogens is 3. The fraction of sp³-hybridized carbons (Fsp3) is 0.269. The summed E-state index contributed by atoms with van der Waals surface area (Å²) in [4.78, 5) is 28.5. The SMILES string of the molecule is O=C(NCc1ccccc1-c1ccccc1OC(=O)NCCc1ccccn1)OCCCC(F)(F)F. The van der Waals surface area contributed by atoms with E-state index < -0.39 is 24.8 Å². The summed E-state index contributed by atoms with van der Waals surface area (Å²) in [6, 6.07) is 19.7. The number of amides is 2. The van der Waals surface area contributed by atoms with Gasteiger partial charge < -0.3 is 20.1 Å². The number of carbonyl (C=O) groups is 2. The largest absolute Gasteiger partial charge is 0.450 e. The quantitative estimate of drug-likeness (QED) is 0.351. The maximum Gasteiger partial charge on any atom is 0.412 e. The second kappa shape index (κ2) is 13.1. The highest BCUT2D eigenvalue weighted by Crippen LogP contribution is 2.32. The highest BCUT2D eigenvalue weighted by Gasteiger charge is 2.26. The number of nitrogens with one attached hydrogen (secondary N) is 2. The first kappa shape index (κ1) is 26.5. The van der Waals surface area contributed by atoms with Crippen LogP contribution in [0.3, 0.4) is 0 Å². The lowest BCUT2D eigenvalue weighted by Crippen LogP contribution is -2.29. The molecule has 0 bridgehead atoms. The highest BCUT2D eigenvalue weighted by molar-refractivity contribution is 5.78. The lowest BCUT2D eigenvalue weighted by molar-refractivity contribution is -0.137. The number of rotatable bonds is 10. The van der Waals surface area contributed by atoms with Crippen LogP contribution < -0.4 is 15.4 Å². The van der Waals surface area contributed by atoms with Crippen molar-refractivity contribution in [3.63, 3.8) is 0 Å². The van der Waals surface area contributed by atoms with Gasteiger partial charge in [-0.15, -0.1) is 0 Å². The Bertz CT molecular complexity index is 1140. The molecule has 3 rings (SSSR count). The molecule has 1 heterocycles. The third-order valence-corrected chi connectivity index (χ3v) is 5.03. The summed E-state index contributed by atoms with van der Waals surface area (Å²) in [5.41, 5.74) is 2.90. The van der Waals surface area contributed by atoms with E-state index in [0.29, 0.717) is 35.4 Å². The highest BCUT2D eigenvalue weighted by atomic mass is 19.4. The topological polar surface area (TPSA) is 89.5 Å². The lowest BCUT2D eigenvalue weighted by atomic mass is 9.99. The minimum Gasteiger partial charge on any atom is -0.450 e. The van der Waals surface area contributed by atoms with Crippen molar-refractivity contribution in [1.82, 2.24) is 15.6 Å². The number of nitrogens with zero attached hydrogens (tertiary/aromatic N) is 1. The van der Waals surface area contributed by atoms with Crippen molar-refractivity contribution in [2.24, 2.45) is 0 Å². The van der Waals surface area contributed by atoms with Crippen molar-refractivity contribution < 1.29 is 32.2 Å². The molecular weight excluding hydrogens is 475 g/mol. The third kappa shape index (κ3) is 8.94. The van der Waals surface area contributed by atoms with Crippen molar-refractivity contribution in [3.05, 3.63) is 84.2 Å². The molecule has 1 aromatic heterocycles. The monoisotopic (exact) mass is 501 g/mol. The molecule has 2 amide bonds. The number of ether oxygens (including phenoxy) is 2. The molecule has 0 spiro atoms. The van der Waals surface area contributed by atoms with Gasteiger partial charge in [0.2, 0.25) is 0 Å². The molecule has 0 saturated heterocycles. The molecule has 2 N–H and O–H groups in total. The van der Waals surface area contributed by atoms with Gasteiger partial charge in [0.05, 0.1) is 6.61 Å². The van der Waals surface area contributed by atoms with Gasteiger partial charge >= 0.3 is 18.4 Å². The fourth-order valence-electron chi connectivity index (χ4n) is 3.35. The number of alkyl halides is 3. The number of benzene rings is 2. The minimum atomic E-state index is -4.29. The van der Waals surface area contributed by atoms with Crippen LogP contribution in [0.4, 0.5) is 22.8 Å². The van der Waals surface area contributed by atoms with Gasteiger partial charge in [-0.3, -0.25) is 4.98 Å². The van der Waals surface area contributed by atoms with E-state index in [1.165, 1.54) is 0 Å². The summed E-state index contributed by atoms with van der Waals surface area (Å²) >= 11 is 0. The van der Waals surface area contributed by atoms with E-state index >= 15 is 0 Å². The zero-order valence-corrected chi connectivity index (χ0v) is 19.4. The lowest BCUT2D eigenvalue weighted by Gasteiger charge is -2.15. The second-order valence-electron chi connectivity index (χ2n) is 7.75. The van der Waals surface area contributed by atoms with Crippen LogP contribution in [0.25, 0.3) is 11.1 Å². The Balaban J connectivity index is 1.58. The maximum atomic E-state index is 12.4. The van der Waals surface area contributed by atoms with Crippen molar-refractivity contribution >= 4 is 12.2 Å². The fourth-order valence-corrected chi connectivity index (χ4v) is 3.35. The number of hydrogen-bond donors (Lipinski definition) is 2. The molecule has 10 heteroatoms. The summed E-state index contributed by atoms with van der Waals surface area (Å²) in [6.07, 6.45) is -4.80. The molecule has 0 radical (unpaired) electrons. The van der Waals surface area contributed by atoms with Crippen molar-refractivity contribution in [2.45, 2.75) is 32.0 Å². The van der Waals surface area contributed by atoms with E-state index in [9.17, 15) is 22.8 Å². The van der Waals surface area contributed by atoms with Crippen molar-refractivity contribution in [3.8, 4) is 16.9 Å². The smallest absolute Gasteiger partial charge is 0.412 e. The Morgan fingerprint density at radius 2 is 1.58 bits per heavy atom. The Kier molecular flexibility index (Phi) is 9.67. The summed E-state index contributed by atoms with van der Waals surface area (Å²) in [7, 11) is 0. The minimum absolute atomic E-state index is 0.0683. The molecule has 190 valence electrons. The zero-order chi connectivity index (χ0) is 25.8. The van der Waals surface area contributed by atoms with Gasteiger partial charge in [-0.25, -0.2) is 9.59 Å². The molecule has 0 atom stereocenters. The van der Waals surface area contributed by atoms with E-state index in [4.69, 9.17) is 9.47 Å². The molecule has 3 aromatic rings. The predicted octanol–water partition coefficient (Wildman–Crippen LogP) is 5.65. The van der Waals surface area contributed by atoms with Gasteiger partial charge in [0.1, 0.15) is 5.75 Å². The molecule has 36 heavy (non-hydrogen) atoms. The van der Waals surface area contributed by atoms with Gasteiger partial charge in [0.25, 0.3) is 0 Å². The maximum absolute atomic E-state index is 12.4. The van der Waals surface area contributed by atoms with E-state index in [1.54, 1.807) is 48.7 Å². The first-order chi connectivity index (χ1) is 17.3. The molecule has 0 saturated carbocycles. The third-order valence-electron chi connectivity index (χ3n) is 5.03. The van der Waals surface area contributed by atoms with E-state index in [0.717, 1.165) is 5.69 Å². The van der Waals surface area contributed by atoms with Gasteiger partial charge in [-0.05, 0) is 35.7 Å². The number of pyridine rings is 1. The first-order valence-corrected chi connectivity index (χ1v) is 11.3. The van der Waals surface area contributed by atoms with Crippen LogP contribution in [0.5, 0.6) is 5.75 Å². The number of hydrogen-bond acceptors (Lipinski definition) is 5. The normalized spacial score (nSPS) is 11.0.